The molecule has 0 saturated heterocycles. The van der Waals surface area contributed by atoms with Gasteiger partial charge in [-0.15, -0.1) is 11.6 Å². The Bertz CT molecular complexity index is 608. The molecule has 0 aliphatic heterocycles. The number of carbonyl (C=O) groups excluding carboxylic acids is 1. The third-order valence-electron chi connectivity index (χ3n) is 3.10. The van der Waals surface area contributed by atoms with Crippen molar-refractivity contribution in [3.63, 3.8) is 0 Å². The van der Waals surface area contributed by atoms with Crippen molar-refractivity contribution in [3.05, 3.63) is 64.7 Å². The Balaban J connectivity index is 1.98. The lowest BCUT2D eigenvalue weighted by Gasteiger charge is -2.07. The van der Waals surface area contributed by atoms with Gasteiger partial charge in [-0.2, -0.15) is 0 Å². The average Bonchev–Trinajstić information content (AvgIpc) is 2.48. The standard InChI is InChI=1S/C16H16ClNO2/c1-11-2-7-14(8-15(11)19)16(20)18-10-13-5-3-12(9-17)4-6-13/h2-8,19H,9-10H2,1H3,(H,18,20). The monoisotopic (exact) mass is 289 g/mol. The van der Waals surface area contributed by atoms with Crippen LogP contribution in [0.3, 0.4) is 0 Å². The van der Waals surface area contributed by atoms with Crippen LogP contribution < -0.4 is 5.32 Å². The second kappa shape index (κ2) is 6.44. The molecule has 4 heteroatoms. The lowest BCUT2D eigenvalue weighted by atomic mass is 10.1. The number of aryl methyl sites for hydroxylation is 1. The first-order chi connectivity index (χ1) is 9.60. The molecule has 0 atom stereocenters. The van der Waals surface area contributed by atoms with Crippen LogP contribution in [0.25, 0.3) is 0 Å². The molecule has 0 radical (unpaired) electrons. The molecule has 2 aromatic rings. The summed E-state index contributed by atoms with van der Waals surface area (Å²) < 4.78 is 0. The summed E-state index contributed by atoms with van der Waals surface area (Å²) in [6, 6.07) is 12.6. The minimum Gasteiger partial charge on any atom is -0.508 e. The molecule has 0 aliphatic rings. The second-order valence-corrected chi connectivity index (χ2v) is 4.90. The van der Waals surface area contributed by atoms with Gasteiger partial charge in [-0.1, -0.05) is 30.3 Å². The predicted molar refractivity (Wildman–Crippen MR) is 80.0 cm³/mol. The number of aromatic hydroxyl groups is 1. The normalized spacial score (nSPS) is 10.3. The van der Waals surface area contributed by atoms with Gasteiger partial charge in [0.05, 0.1) is 0 Å². The second-order valence-electron chi connectivity index (χ2n) is 4.63. The molecule has 0 bridgehead atoms. The Kier molecular flexibility index (Phi) is 4.64. The number of carbonyl (C=O) groups is 1. The number of benzene rings is 2. The summed E-state index contributed by atoms with van der Waals surface area (Å²) in [4.78, 5) is 12.0. The summed E-state index contributed by atoms with van der Waals surface area (Å²) in [6.07, 6.45) is 0. The molecule has 0 unspecified atom stereocenters. The highest BCUT2D eigenvalue weighted by Gasteiger charge is 2.07. The SMILES string of the molecule is Cc1ccc(C(=O)NCc2ccc(CCl)cc2)cc1O. The number of rotatable bonds is 4. The number of hydrogen-bond acceptors (Lipinski definition) is 2. The first-order valence-corrected chi connectivity index (χ1v) is 6.85. The van der Waals surface area contributed by atoms with Crippen molar-refractivity contribution in [1.82, 2.24) is 5.32 Å². The topological polar surface area (TPSA) is 49.3 Å². The minimum absolute atomic E-state index is 0.129. The Morgan fingerprint density at radius 3 is 2.40 bits per heavy atom. The third-order valence-corrected chi connectivity index (χ3v) is 3.41. The van der Waals surface area contributed by atoms with Crippen molar-refractivity contribution in [2.75, 3.05) is 0 Å². The smallest absolute Gasteiger partial charge is 0.251 e. The van der Waals surface area contributed by atoms with Crippen molar-refractivity contribution in [2.24, 2.45) is 0 Å². The van der Waals surface area contributed by atoms with Crippen LogP contribution in [0.4, 0.5) is 0 Å². The molecular weight excluding hydrogens is 274 g/mol. The number of nitrogens with one attached hydrogen (secondary N) is 1. The molecule has 20 heavy (non-hydrogen) atoms. The summed E-state index contributed by atoms with van der Waals surface area (Å²) in [5.74, 6) is 0.404. The molecule has 0 spiro atoms. The van der Waals surface area contributed by atoms with Gasteiger partial charge in [0.1, 0.15) is 5.75 Å². The predicted octanol–water partition coefficient (Wildman–Crippen LogP) is 3.37. The molecular formula is C16H16ClNO2. The zero-order valence-electron chi connectivity index (χ0n) is 11.2. The van der Waals surface area contributed by atoms with Crippen LogP contribution >= 0.6 is 11.6 Å². The first kappa shape index (κ1) is 14.4. The van der Waals surface area contributed by atoms with Crippen LogP contribution in [0.5, 0.6) is 5.75 Å². The summed E-state index contributed by atoms with van der Waals surface area (Å²) in [7, 11) is 0. The van der Waals surface area contributed by atoms with E-state index in [0.717, 1.165) is 16.7 Å². The van der Waals surface area contributed by atoms with Crippen LogP contribution in [0.2, 0.25) is 0 Å². The van der Waals surface area contributed by atoms with Crippen molar-refractivity contribution < 1.29 is 9.90 Å². The Morgan fingerprint density at radius 1 is 1.15 bits per heavy atom. The van der Waals surface area contributed by atoms with E-state index in [-0.39, 0.29) is 11.7 Å². The van der Waals surface area contributed by atoms with Crippen molar-refractivity contribution in [3.8, 4) is 5.75 Å². The number of hydrogen-bond donors (Lipinski definition) is 2. The molecule has 0 fully saturated rings. The van der Waals surface area contributed by atoms with Crippen molar-refractivity contribution in [1.29, 1.82) is 0 Å². The fraction of sp³-hybridized carbons (Fsp3) is 0.188. The number of halogens is 1. The van der Waals surface area contributed by atoms with Gasteiger partial charge >= 0.3 is 0 Å². The molecule has 0 aliphatic carbocycles. The Morgan fingerprint density at radius 2 is 1.80 bits per heavy atom. The van der Waals surface area contributed by atoms with E-state index >= 15 is 0 Å². The van der Waals surface area contributed by atoms with Gasteiger partial charge in [-0.05, 0) is 35.7 Å². The van der Waals surface area contributed by atoms with Crippen LogP contribution in [0, 0.1) is 6.92 Å². The van der Waals surface area contributed by atoms with Gasteiger partial charge in [-0.25, -0.2) is 0 Å². The zero-order valence-corrected chi connectivity index (χ0v) is 11.9. The lowest BCUT2D eigenvalue weighted by molar-refractivity contribution is 0.0950. The van der Waals surface area contributed by atoms with E-state index in [1.54, 1.807) is 19.1 Å². The summed E-state index contributed by atoms with van der Waals surface area (Å²) >= 11 is 5.72. The van der Waals surface area contributed by atoms with Crippen LogP contribution in [0.15, 0.2) is 42.5 Å². The van der Waals surface area contributed by atoms with E-state index in [1.165, 1.54) is 6.07 Å². The quantitative estimate of drug-likeness (QED) is 0.848. The fourth-order valence-corrected chi connectivity index (χ4v) is 1.96. The van der Waals surface area contributed by atoms with Crippen LogP contribution in [-0.4, -0.2) is 11.0 Å². The maximum absolute atomic E-state index is 12.0. The van der Waals surface area contributed by atoms with Gasteiger partial charge < -0.3 is 10.4 Å². The maximum atomic E-state index is 12.0. The van der Waals surface area contributed by atoms with Crippen LogP contribution in [-0.2, 0) is 12.4 Å². The molecule has 0 saturated carbocycles. The van der Waals surface area contributed by atoms with Crippen LogP contribution in [0.1, 0.15) is 27.0 Å². The molecule has 2 N–H and O–H groups in total. The van der Waals surface area contributed by atoms with Gasteiger partial charge in [0, 0.05) is 18.0 Å². The molecule has 2 rings (SSSR count). The number of phenols is 1. The van der Waals surface area contributed by atoms with E-state index < -0.39 is 0 Å². The average molecular weight is 290 g/mol. The van der Waals surface area contributed by atoms with Crippen molar-refractivity contribution in [2.45, 2.75) is 19.3 Å². The number of phenolic OH excluding ortho intramolecular Hbond substituents is 1. The third kappa shape index (κ3) is 3.52. The van der Waals surface area contributed by atoms with Gasteiger partial charge in [-0.3, -0.25) is 4.79 Å². The van der Waals surface area contributed by atoms with Crippen molar-refractivity contribution >= 4 is 17.5 Å². The summed E-state index contributed by atoms with van der Waals surface area (Å²) in [5, 5.41) is 12.4. The number of amides is 1. The Labute approximate surface area is 123 Å². The van der Waals surface area contributed by atoms with E-state index in [1.807, 2.05) is 24.3 Å². The molecule has 0 heterocycles. The Hall–Kier alpha value is -2.00. The molecule has 3 nitrogen and oxygen atoms in total. The largest absolute Gasteiger partial charge is 0.508 e. The van der Waals surface area contributed by atoms with E-state index in [2.05, 4.69) is 5.32 Å². The molecule has 2 aromatic carbocycles. The highest BCUT2D eigenvalue weighted by molar-refractivity contribution is 6.17. The van der Waals surface area contributed by atoms with E-state index in [0.29, 0.717) is 18.0 Å². The van der Waals surface area contributed by atoms with Gasteiger partial charge in [0.15, 0.2) is 0 Å². The van der Waals surface area contributed by atoms with E-state index in [9.17, 15) is 9.90 Å². The fourth-order valence-electron chi connectivity index (χ4n) is 1.78. The molecule has 1 amide bonds. The number of alkyl halides is 1. The highest BCUT2D eigenvalue weighted by Crippen LogP contribution is 2.17. The maximum Gasteiger partial charge on any atom is 0.251 e. The first-order valence-electron chi connectivity index (χ1n) is 6.32. The molecule has 104 valence electrons. The minimum atomic E-state index is -0.207. The van der Waals surface area contributed by atoms with Gasteiger partial charge in [0.25, 0.3) is 5.91 Å². The summed E-state index contributed by atoms with van der Waals surface area (Å²) in [5.41, 5.74) is 3.25. The summed E-state index contributed by atoms with van der Waals surface area (Å²) in [6.45, 7) is 2.23. The lowest BCUT2D eigenvalue weighted by Crippen LogP contribution is -2.22. The zero-order chi connectivity index (χ0) is 14.5. The molecule has 0 aromatic heterocycles. The highest BCUT2D eigenvalue weighted by atomic mass is 35.5. The van der Waals surface area contributed by atoms with E-state index in [4.69, 9.17) is 11.6 Å². The van der Waals surface area contributed by atoms with Gasteiger partial charge in [0.2, 0.25) is 0 Å².